The number of aromatic nitrogens is 4. The number of imidazole rings is 1. The second kappa shape index (κ2) is 10.7. The Morgan fingerprint density at radius 1 is 0.909 bits per heavy atom. The number of fused-ring (bicyclic) bond motifs is 1. The molecule has 9 heteroatoms. The minimum Gasteiger partial charge on any atom is -0.383 e. The smallest absolute Gasteiger partial charge is 0.165 e. The average molecular weight is 587 g/mol. The molecule has 2 saturated heterocycles. The fourth-order valence-electron chi connectivity index (χ4n) is 6.92. The van der Waals surface area contributed by atoms with E-state index < -0.39 is 0 Å². The molecule has 1 saturated carbocycles. The van der Waals surface area contributed by atoms with Gasteiger partial charge in [-0.2, -0.15) is 0 Å². The minimum atomic E-state index is -0.224. The molecule has 1 aliphatic carbocycles. The molecule has 0 spiro atoms. The molecule has 4 N–H and O–H groups in total. The van der Waals surface area contributed by atoms with E-state index in [0.717, 1.165) is 79.4 Å². The van der Waals surface area contributed by atoms with Gasteiger partial charge in [0.15, 0.2) is 11.5 Å². The third kappa shape index (κ3) is 4.63. The number of hydrogen-bond acceptors (Lipinski definition) is 8. The number of hydrogen-bond donors (Lipinski definition) is 2. The molecule has 1 unspecified atom stereocenters. The Morgan fingerprint density at radius 2 is 1.75 bits per heavy atom. The largest absolute Gasteiger partial charge is 0.383 e. The molecule has 0 radical (unpaired) electrons. The highest BCUT2D eigenvalue weighted by atomic mass is 16.5. The Balaban J connectivity index is 1.18. The maximum atomic E-state index is 6.64. The normalized spacial score (nSPS) is 20.4. The molecule has 9 nitrogen and oxygen atoms in total. The summed E-state index contributed by atoms with van der Waals surface area (Å²) in [4.78, 5) is 19.7. The monoisotopic (exact) mass is 586 g/mol. The lowest BCUT2D eigenvalue weighted by molar-refractivity contribution is -0.0691. The van der Waals surface area contributed by atoms with Crippen LogP contribution in [0.25, 0.3) is 39.5 Å². The van der Waals surface area contributed by atoms with Crippen LogP contribution in [0.5, 0.6) is 0 Å². The first-order valence-corrected chi connectivity index (χ1v) is 15.7. The van der Waals surface area contributed by atoms with Crippen molar-refractivity contribution in [1.29, 1.82) is 0 Å². The van der Waals surface area contributed by atoms with Crippen molar-refractivity contribution in [2.75, 3.05) is 43.5 Å². The van der Waals surface area contributed by atoms with Gasteiger partial charge in [-0.25, -0.2) is 15.0 Å². The fourth-order valence-corrected chi connectivity index (χ4v) is 6.92. The predicted molar refractivity (Wildman–Crippen MR) is 175 cm³/mol. The molecular weight excluding hydrogens is 548 g/mol. The van der Waals surface area contributed by atoms with Gasteiger partial charge in [0.25, 0.3) is 0 Å². The molecular formula is C35H38N8O. The molecule has 2 aliphatic heterocycles. The van der Waals surface area contributed by atoms with Crippen LogP contribution < -0.4 is 16.4 Å². The van der Waals surface area contributed by atoms with Crippen LogP contribution in [0.3, 0.4) is 0 Å². The van der Waals surface area contributed by atoms with E-state index in [9.17, 15) is 0 Å². The summed E-state index contributed by atoms with van der Waals surface area (Å²) < 4.78 is 7.53. The SMILES string of the molecule is CC1CN(C2COC2)CCN1c1cccc(-c2ccc3nc(-c4cccnc4N)n(-c4ccc(C5(N)CCC5)cc4)c3n2)c1. The number of rotatable bonds is 6. The molecule has 3 aliphatic rings. The van der Waals surface area contributed by atoms with Crippen LogP contribution in [0.2, 0.25) is 0 Å². The standard InChI is InChI=1S/C35H38N8O/c1-23-20-41(28-21-44-22-28)17-18-42(23)27-6-2-5-24(19-27)30-12-13-31-34(39-30)43(33(40-31)29-7-3-16-38-32(29)36)26-10-8-25(9-11-26)35(37)14-4-15-35/h2-3,5-13,16,19,23,28H,4,14-15,17-18,20-22,37H2,1H3,(H2,36,38). The van der Waals surface area contributed by atoms with Gasteiger partial charge in [0.05, 0.1) is 30.5 Å². The number of nitrogens with two attached hydrogens (primary N) is 2. The summed E-state index contributed by atoms with van der Waals surface area (Å²) in [5, 5.41) is 0. The lowest BCUT2D eigenvalue weighted by atomic mass is 9.73. The van der Waals surface area contributed by atoms with Crippen molar-refractivity contribution in [3.8, 4) is 28.3 Å². The number of piperazine rings is 1. The highest BCUT2D eigenvalue weighted by molar-refractivity contribution is 5.85. The Hall–Kier alpha value is -4.31. The maximum Gasteiger partial charge on any atom is 0.165 e. The molecule has 3 aromatic heterocycles. The molecule has 3 fully saturated rings. The third-order valence-corrected chi connectivity index (χ3v) is 9.80. The lowest BCUT2D eigenvalue weighted by Crippen LogP contribution is -2.59. The van der Waals surface area contributed by atoms with Gasteiger partial charge in [0.1, 0.15) is 11.3 Å². The quantitative estimate of drug-likeness (QED) is 0.287. The van der Waals surface area contributed by atoms with E-state index in [-0.39, 0.29) is 5.54 Å². The second-order valence-corrected chi connectivity index (χ2v) is 12.6. The fraction of sp³-hybridized carbons (Fsp3) is 0.343. The van der Waals surface area contributed by atoms with Gasteiger partial charge >= 0.3 is 0 Å². The molecule has 0 bridgehead atoms. The number of nitrogens with zero attached hydrogens (tertiary/aromatic N) is 6. The molecule has 8 rings (SSSR count). The molecule has 44 heavy (non-hydrogen) atoms. The van der Waals surface area contributed by atoms with Crippen molar-refractivity contribution >= 4 is 22.7 Å². The highest BCUT2D eigenvalue weighted by Crippen LogP contribution is 2.39. The van der Waals surface area contributed by atoms with E-state index in [0.29, 0.717) is 23.7 Å². The van der Waals surface area contributed by atoms with E-state index in [4.69, 9.17) is 26.2 Å². The minimum absolute atomic E-state index is 0.224. The summed E-state index contributed by atoms with van der Waals surface area (Å²) in [6.45, 7) is 7.13. The zero-order chi connectivity index (χ0) is 29.8. The van der Waals surface area contributed by atoms with Crippen molar-refractivity contribution in [1.82, 2.24) is 24.4 Å². The van der Waals surface area contributed by atoms with Gasteiger partial charge in [0, 0.05) is 54.4 Å². The van der Waals surface area contributed by atoms with Crippen LogP contribution in [0.1, 0.15) is 31.7 Å². The topological polar surface area (TPSA) is 111 Å². The lowest BCUT2D eigenvalue weighted by Gasteiger charge is -2.46. The van der Waals surface area contributed by atoms with Crippen molar-refractivity contribution in [3.63, 3.8) is 0 Å². The highest BCUT2D eigenvalue weighted by Gasteiger charge is 2.34. The number of anilines is 2. The summed E-state index contributed by atoms with van der Waals surface area (Å²) >= 11 is 0. The van der Waals surface area contributed by atoms with Crippen LogP contribution in [0, 0.1) is 0 Å². The Labute approximate surface area is 257 Å². The molecule has 2 aromatic carbocycles. The second-order valence-electron chi connectivity index (χ2n) is 12.6. The van der Waals surface area contributed by atoms with Gasteiger partial charge in [-0.3, -0.25) is 9.47 Å². The average Bonchev–Trinajstić information content (AvgIpc) is 3.38. The summed E-state index contributed by atoms with van der Waals surface area (Å²) in [6, 6.07) is 26.2. The molecule has 224 valence electrons. The summed E-state index contributed by atoms with van der Waals surface area (Å²) in [7, 11) is 0. The van der Waals surface area contributed by atoms with E-state index >= 15 is 0 Å². The van der Waals surface area contributed by atoms with Crippen molar-refractivity contribution in [2.45, 2.75) is 43.8 Å². The molecule has 5 aromatic rings. The van der Waals surface area contributed by atoms with Crippen LogP contribution in [-0.4, -0.2) is 69.4 Å². The predicted octanol–water partition coefficient (Wildman–Crippen LogP) is 4.98. The van der Waals surface area contributed by atoms with Crippen LogP contribution in [-0.2, 0) is 10.3 Å². The summed E-state index contributed by atoms with van der Waals surface area (Å²) in [5.74, 6) is 1.15. The Kier molecular flexibility index (Phi) is 6.62. The van der Waals surface area contributed by atoms with Gasteiger partial charge in [-0.05, 0) is 80.3 Å². The Morgan fingerprint density at radius 3 is 2.45 bits per heavy atom. The first kappa shape index (κ1) is 27.3. The van der Waals surface area contributed by atoms with Crippen molar-refractivity contribution in [3.05, 3.63) is 84.6 Å². The first-order valence-electron chi connectivity index (χ1n) is 15.7. The van der Waals surface area contributed by atoms with Crippen LogP contribution in [0.4, 0.5) is 11.5 Å². The Bertz CT molecular complexity index is 1820. The number of benzene rings is 2. The molecule has 1 atom stereocenters. The van der Waals surface area contributed by atoms with Crippen LogP contribution in [0.15, 0.2) is 79.0 Å². The van der Waals surface area contributed by atoms with Gasteiger partial charge in [0.2, 0.25) is 0 Å². The zero-order valence-corrected chi connectivity index (χ0v) is 25.1. The van der Waals surface area contributed by atoms with E-state index in [1.807, 2.05) is 12.1 Å². The number of pyridine rings is 2. The zero-order valence-electron chi connectivity index (χ0n) is 25.1. The van der Waals surface area contributed by atoms with E-state index in [1.54, 1.807) is 6.20 Å². The summed E-state index contributed by atoms with van der Waals surface area (Å²) in [6.07, 6.45) is 4.91. The summed E-state index contributed by atoms with van der Waals surface area (Å²) in [5.41, 5.74) is 20.5. The molecule has 0 amide bonds. The van der Waals surface area contributed by atoms with Crippen molar-refractivity contribution < 1.29 is 4.74 Å². The van der Waals surface area contributed by atoms with Crippen molar-refractivity contribution in [2.24, 2.45) is 5.73 Å². The number of ether oxygens (including phenoxy) is 1. The van der Waals surface area contributed by atoms with E-state index in [1.165, 1.54) is 17.7 Å². The maximum absolute atomic E-state index is 6.64. The first-order chi connectivity index (χ1) is 21.5. The third-order valence-electron chi connectivity index (χ3n) is 9.80. The van der Waals surface area contributed by atoms with Gasteiger partial charge < -0.3 is 21.1 Å². The van der Waals surface area contributed by atoms with Gasteiger partial charge in [-0.1, -0.05) is 24.3 Å². The van der Waals surface area contributed by atoms with Crippen LogP contribution >= 0.6 is 0 Å². The van der Waals surface area contributed by atoms with Gasteiger partial charge in [-0.15, -0.1) is 0 Å². The van der Waals surface area contributed by atoms with E-state index in [2.05, 4.69) is 86.9 Å². The number of nitrogen functional groups attached to an aromatic ring is 1. The molecule has 5 heterocycles.